The summed E-state index contributed by atoms with van der Waals surface area (Å²) in [7, 11) is 0. The zero-order valence-electron chi connectivity index (χ0n) is 11.5. The summed E-state index contributed by atoms with van der Waals surface area (Å²) in [5.41, 5.74) is 0.797. The minimum absolute atomic E-state index is 0.258. The van der Waals surface area contributed by atoms with Gasteiger partial charge in [-0.25, -0.2) is 4.39 Å². The van der Waals surface area contributed by atoms with Crippen LogP contribution in [0.15, 0.2) is 48.5 Å². The van der Waals surface area contributed by atoms with Crippen molar-refractivity contribution in [2.45, 2.75) is 13.0 Å². The molecule has 1 atom stereocenters. The van der Waals surface area contributed by atoms with Crippen LogP contribution in [0.3, 0.4) is 0 Å². The Morgan fingerprint density at radius 3 is 2.62 bits per heavy atom. The Hall–Kier alpha value is -1.91. The first-order valence-corrected chi connectivity index (χ1v) is 7.59. The number of hydrogen-bond donors (Lipinski definition) is 1. The number of rotatable bonds is 4. The molecule has 0 bridgehead atoms. The second kappa shape index (κ2) is 5.84. The largest absolute Gasteiger partial charge is 0.494 e. The van der Waals surface area contributed by atoms with Gasteiger partial charge in [0.2, 0.25) is 0 Å². The number of thiophene rings is 1. The predicted molar refractivity (Wildman–Crippen MR) is 83.5 cm³/mol. The van der Waals surface area contributed by atoms with Crippen LogP contribution in [0.5, 0.6) is 5.75 Å². The minimum Gasteiger partial charge on any atom is -0.494 e. The molecule has 0 saturated heterocycles. The van der Waals surface area contributed by atoms with Gasteiger partial charge in [-0.3, -0.25) is 0 Å². The molecule has 2 nitrogen and oxygen atoms in total. The second-order valence-electron chi connectivity index (χ2n) is 4.74. The predicted octanol–water partition coefficient (Wildman–Crippen LogP) is 4.52. The van der Waals surface area contributed by atoms with Crippen molar-refractivity contribution in [3.63, 3.8) is 0 Å². The topological polar surface area (TPSA) is 29.5 Å². The van der Waals surface area contributed by atoms with E-state index in [1.807, 2.05) is 37.3 Å². The Morgan fingerprint density at radius 2 is 1.90 bits per heavy atom. The van der Waals surface area contributed by atoms with E-state index in [2.05, 4.69) is 0 Å². The van der Waals surface area contributed by atoms with Gasteiger partial charge in [-0.2, -0.15) is 0 Å². The summed E-state index contributed by atoms with van der Waals surface area (Å²) in [6, 6.07) is 13.9. The fraction of sp³-hybridized carbons (Fsp3) is 0.176. The highest BCUT2D eigenvalue weighted by Crippen LogP contribution is 2.33. The lowest BCUT2D eigenvalue weighted by molar-refractivity contribution is 0.224. The molecule has 4 heteroatoms. The van der Waals surface area contributed by atoms with Gasteiger partial charge in [-0.05, 0) is 48.2 Å². The molecule has 1 unspecified atom stereocenters. The molecule has 3 rings (SSSR count). The lowest BCUT2D eigenvalue weighted by Gasteiger charge is -2.10. The number of hydrogen-bond acceptors (Lipinski definition) is 3. The second-order valence-corrected chi connectivity index (χ2v) is 5.85. The van der Waals surface area contributed by atoms with Crippen LogP contribution in [0.4, 0.5) is 4.39 Å². The highest BCUT2D eigenvalue weighted by atomic mass is 32.1. The van der Waals surface area contributed by atoms with Crippen molar-refractivity contribution in [1.29, 1.82) is 0 Å². The third-order valence-electron chi connectivity index (χ3n) is 3.28. The zero-order valence-corrected chi connectivity index (χ0v) is 12.4. The summed E-state index contributed by atoms with van der Waals surface area (Å²) >= 11 is 1.41. The van der Waals surface area contributed by atoms with E-state index >= 15 is 0 Å². The maximum Gasteiger partial charge on any atom is 0.124 e. The Labute approximate surface area is 126 Å². The molecule has 1 heterocycles. The first-order valence-electron chi connectivity index (χ1n) is 6.77. The van der Waals surface area contributed by atoms with Gasteiger partial charge in [-0.1, -0.05) is 18.2 Å². The maximum absolute atomic E-state index is 13.2. The summed E-state index contributed by atoms with van der Waals surface area (Å²) < 4.78 is 19.4. The van der Waals surface area contributed by atoms with E-state index in [0.717, 1.165) is 26.3 Å². The molecule has 21 heavy (non-hydrogen) atoms. The molecule has 0 fully saturated rings. The number of halogens is 1. The van der Waals surface area contributed by atoms with Gasteiger partial charge in [0.05, 0.1) is 6.61 Å². The van der Waals surface area contributed by atoms with Crippen LogP contribution in [0, 0.1) is 5.82 Å². The van der Waals surface area contributed by atoms with E-state index in [9.17, 15) is 9.50 Å². The van der Waals surface area contributed by atoms with Crippen molar-refractivity contribution in [2.24, 2.45) is 0 Å². The zero-order chi connectivity index (χ0) is 14.8. The molecule has 1 N–H and O–H groups in total. The normalized spacial score (nSPS) is 12.5. The molecule has 108 valence electrons. The van der Waals surface area contributed by atoms with E-state index in [0.29, 0.717) is 6.61 Å². The lowest BCUT2D eigenvalue weighted by Crippen LogP contribution is -1.97. The molecule has 3 aromatic rings. The smallest absolute Gasteiger partial charge is 0.124 e. The molecule has 0 spiro atoms. The summed E-state index contributed by atoms with van der Waals surface area (Å²) in [6.07, 6.45) is -0.707. The quantitative estimate of drug-likeness (QED) is 0.767. The molecule has 0 aliphatic rings. The third kappa shape index (κ3) is 2.91. The minimum atomic E-state index is -0.707. The fourth-order valence-electron chi connectivity index (χ4n) is 2.24. The SMILES string of the molecule is CCOc1ccc(C(O)c2cc3ccc(F)cc3s2)cc1. The van der Waals surface area contributed by atoms with E-state index in [-0.39, 0.29) is 5.82 Å². The van der Waals surface area contributed by atoms with Gasteiger partial charge < -0.3 is 9.84 Å². The average molecular weight is 302 g/mol. The van der Waals surface area contributed by atoms with Crippen LogP contribution in [-0.2, 0) is 0 Å². The third-order valence-corrected chi connectivity index (χ3v) is 4.43. The van der Waals surface area contributed by atoms with Crippen molar-refractivity contribution in [1.82, 2.24) is 0 Å². The number of aliphatic hydroxyl groups is 1. The Kier molecular flexibility index (Phi) is 3.90. The van der Waals surface area contributed by atoms with Crippen molar-refractivity contribution in [3.8, 4) is 5.75 Å². The standard InChI is InChI=1S/C17H15FO2S/c1-2-20-14-7-4-11(5-8-14)17(19)16-9-12-3-6-13(18)10-15(12)21-16/h3-10,17,19H,2H2,1H3. The number of aliphatic hydroxyl groups excluding tert-OH is 1. The highest BCUT2D eigenvalue weighted by Gasteiger charge is 2.14. The van der Waals surface area contributed by atoms with Crippen LogP contribution in [0.1, 0.15) is 23.5 Å². The van der Waals surface area contributed by atoms with E-state index in [1.165, 1.54) is 23.5 Å². The molecule has 0 aliphatic carbocycles. The van der Waals surface area contributed by atoms with Crippen LogP contribution >= 0.6 is 11.3 Å². The van der Waals surface area contributed by atoms with Gasteiger partial charge in [0.25, 0.3) is 0 Å². The average Bonchev–Trinajstić information content (AvgIpc) is 2.90. The van der Waals surface area contributed by atoms with Crippen LogP contribution in [0.25, 0.3) is 10.1 Å². The first-order chi connectivity index (χ1) is 10.2. The molecule has 0 aliphatic heterocycles. The van der Waals surface area contributed by atoms with Crippen LogP contribution in [-0.4, -0.2) is 11.7 Å². The van der Waals surface area contributed by atoms with Crippen LogP contribution < -0.4 is 4.74 Å². The van der Waals surface area contributed by atoms with Crippen molar-refractivity contribution >= 4 is 21.4 Å². The van der Waals surface area contributed by atoms with Crippen molar-refractivity contribution in [3.05, 3.63) is 64.8 Å². The van der Waals surface area contributed by atoms with E-state index < -0.39 is 6.10 Å². The molecular formula is C17H15FO2S. The number of fused-ring (bicyclic) bond motifs is 1. The van der Waals surface area contributed by atoms with Gasteiger partial charge in [0.15, 0.2) is 0 Å². The fourth-order valence-corrected chi connectivity index (χ4v) is 3.34. The Balaban J connectivity index is 1.90. The molecule has 0 amide bonds. The maximum atomic E-state index is 13.2. The molecule has 2 aromatic carbocycles. The van der Waals surface area contributed by atoms with Crippen molar-refractivity contribution in [2.75, 3.05) is 6.61 Å². The van der Waals surface area contributed by atoms with E-state index in [4.69, 9.17) is 4.74 Å². The summed E-state index contributed by atoms with van der Waals surface area (Å²) in [5, 5.41) is 11.4. The molecule has 1 aromatic heterocycles. The van der Waals surface area contributed by atoms with Gasteiger partial charge in [-0.15, -0.1) is 11.3 Å². The lowest BCUT2D eigenvalue weighted by atomic mass is 10.1. The van der Waals surface area contributed by atoms with Gasteiger partial charge >= 0.3 is 0 Å². The summed E-state index contributed by atoms with van der Waals surface area (Å²) in [4.78, 5) is 0.805. The Bertz CT molecular complexity index is 749. The van der Waals surface area contributed by atoms with Crippen molar-refractivity contribution < 1.29 is 14.2 Å². The van der Waals surface area contributed by atoms with Crippen LogP contribution in [0.2, 0.25) is 0 Å². The molecule has 0 radical (unpaired) electrons. The van der Waals surface area contributed by atoms with Gasteiger partial charge in [0, 0.05) is 9.58 Å². The number of benzene rings is 2. The Morgan fingerprint density at radius 1 is 1.14 bits per heavy atom. The highest BCUT2D eigenvalue weighted by molar-refractivity contribution is 7.19. The molecular weight excluding hydrogens is 287 g/mol. The first kappa shape index (κ1) is 14.0. The monoisotopic (exact) mass is 302 g/mol. The summed E-state index contributed by atoms with van der Waals surface area (Å²) in [6.45, 7) is 2.54. The molecule has 0 saturated carbocycles. The van der Waals surface area contributed by atoms with E-state index in [1.54, 1.807) is 6.07 Å². The van der Waals surface area contributed by atoms with Gasteiger partial charge in [0.1, 0.15) is 17.7 Å². The number of ether oxygens (including phenoxy) is 1. The summed E-state index contributed by atoms with van der Waals surface area (Å²) in [5.74, 6) is 0.526.